The molecule has 3 aromatic rings. The highest BCUT2D eigenvalue weighted by Gasteiger charge is 2.08. The molecule has 0 unspecified atom stereocenters. The van der Waals surface area contributed by atoms with E-state index in [0.717, 1.165) is 4.34 Å². The van der Waals surface area contributed by atoms with Crippen molar-refractivity contribution in [3.8, 4) is 5.75 Å². The SMILES string of the molecule is O=C(COc1cccc(NC(=O)CSc2nncs2)c1)Nc1ccccc1. The number of para-hydroxylation sites is 1. The Labute approximate surface area is 164 Å². The van der Waals surface area contributed by atoms with E-state index in [1.165, 1.54) is 23.1 Å². The second-order valence-corrected chi connectivity index (χ2v) is 7.33. The third-order valence-corrected chi connectivity index (χ3v) is 5.07. The average Bonchev–Trinajstić information content (AvgIpc) is 3.20. The first kappa shape index (κ1) is 18.9. The van der Waals surface area contributed by atoms with Gasteiger partial charge in [0.1, 0.15) is 11.3 Å². The van der Waals surface area contributed by atoms with Crippen molar-refractivity contribution in [2.24, 2.45) is 0 Å². The molecule has 1 heterocycles. The number of aromatic nitrogens is 2. The third-order valence-electron chi connectivity index (χ3n) is 3.21. The number of carbonyl (C=O) groups is 2. The van der Waals surface area contributed by atoms with Gasteiger partial charge in [0.25, 0.3) is 5.91 Å². The Morgan fingerprint density at radius 2 is 1.78 bits per heavy atom. The summed E-state index contributed by atoms with van der Waals surface area (Å²) < 4.78 is 6.24. The molecule has 3 rings (SSSR count). The average molecular weight is 400 g/mol. The van der Waals surface area contributed by atoms with Crippen LogP contribution in [-0.4, -0.2) is 34.4 Å². The van der Waals surface area contributed by atoms with Gasteiger partial charge in [0.2, 0.25) is 5.91 Å². The van der Waals surface area contributed by atoms with Gasteiger partial charge in [0.15, 0.2) is 10.9 Å². The molecule has 0 aliphatic carbocycles. The molecule has 0 bridgehead atoms. The minimum absolute atomic E-state index is 0.126. The molecule has 0 spiro atoms. The summed E-state index contributed by atoms with van der Waals surface area (Å²) in [6.07, 6.45) is 0. The first-order chi connectivity index (χ1) is 13.2. The minimum Gasteiger partial charge on any atom is -0.484 e. The molecule has 7 nitrogen and oxygen atoms in total. The van der Waals surface area contributed by atoms with Crippen LogP contribution in [0.15, 0.2) is 64.4 Å². The molecule has 138 valence electrons. The van der Waals surface area contributed by atoms with Crippen molar-refractivity contribution < 1.29 is 14.3 Å². The number of anilines is 2. The number of benzene rings is 2. The number of hydrogen-bond donors (Lipinski definition) is 2. The van der Waals surface area contributed by atoms with Gasteiger partial charge in [-0.1, -0.05) is 47.4 Å². The maximum atomic E-state index is 12.0. The highest BCUT2D eigenvalue weighted by Crippen LogP contribution is 2.21. The quantitative estimate of drug-likeness (QED) is 0.564. The zero-order valence-electron chi connectivity index (χ0n) is 14.1. The van der Waals surface area contributed by atoms with E-state index >= 15 is 0 Å². The van der Waals surface area contributed by atoms with Crippen LogP contribution in [0.3, 0.4) is 0 Å². The van der Waals surface area contributed by atoms with Crippen molar-refractivity contribution in [1.29, 1.82) is 0 Å². The summed E-state index contributed by atoms with van der Waals surface area (Å²) in [5, 5.41) is 13.1. The Bertz CT molecular complexity index is 889. The van der Waals surface area contributed by atoms with Crippen LogP contribution in [-0.2, 0) is 9.59 Å². The van der Waals surface area contributed by atoms with Crippen LogP contribution in [0.25, 0.3) is 0 Å². The second-order valence-electron chi connectivity index (χ2n) is 5.27. The lowest BCUT2D eigenvalue weighted by Gasteiger charge is -2.09. The van der Waals surface area contributed by atoms with Gasteiger partial charge in [0.05, 0.1) is 5.75 Å². The van der Waals surface area contributed by atoms with E-state index in [0.29, 0.717) is 17.1 Å². The van der Waals surface area contributed by atoms with Gasteiger partial charge in [0, 0.05) is 17.4 Å². The standard InChI is InChI=1S/C18H16N4O3S2/c23-16(20-13-5-2-1-3-6-13)10-25-15-8-4-7-14(9-15)21-17(24)11-26-18-22-19-12-27-18/h1-9,12H,10-11H2,(H,20,23)(H,21,24). The number of rotatable bonds is 8. The van der Waals surface area contributed by atoms with Gasteiger partial charge in [-0.05, 0) is 24.3 Å². The van der Waals surface area contributed by atoms with Crippen LogP contribution in [0.5, 0.6) is 5.75 Å². The zero-order chi connectivity index (χ0) is 18.9. The largest absolute Gasteiger partial charge is 0.484 e. The lowest BCUT2D eigenvalue weighted by Crippen LogP contribution is -2.20. The number of amides is 2. The molecule has 9 heteroatoms. The number of carbonyl (C=O) groups excluding carboxylic acids is 2. The number of thioether (sulfide) groups is 1. The van der Waals surface area contributed by atoms with Crippen LogP contribution in [0.4, 0.5) is 11.4 Å². The number of hydrogen-bond acceptors (Lipinski definition) is 7. The van der Waals surface area contributed by atoms with E-state index in [4.69, 9.17) is 4.74 Å². The smallest absolute Gasteiger partial charge is 0.262 e. The van der Waals surface area contributed by atoms with E-state index in [1.807, 2.05) is 18.2 Å². The van der Waals surface area contributed by atoms with Crippen LogP contribution in [0, 0.1) is 0 Å². The lowest BCUT2D eigenvalue weighted by atomic mass is 10.3. The van der Waals surface area contributed by atoms with Crippen molar-refractivity contribution in [2.45, 2.75) is 4.34 Å². The molecule has 0 aliphatic rings. The monoisotopic (exact) mass is 400 g/mol. The van der Waals surface area contributed by atoms with E-state index in [9.17, 15) is 9.59 Å². The van der Waals surface area contributed by atoms with Gasteiger partial charge >= 0.3 is 0 Å². The van der Waals surface area contributed by atoms with E-state index in [-0.39, 0.29) is 24.2 Å². The molecule has 0 saturated heterocycles. The topological polar surface area (TPSA) is 93.2 Å². The highest BCUT2D eigenvalue weighted by atomic mass is 32.2. The number of ether oxygens (including phenoxy) is 1. The summed E-state index contributed by atoms with van der Waals surface area (Å²) in [6.45, 7) is -0.126. The maximum Gasteiger partial charge on any atom is 0.262 e. The molecule has 2 aromatic carbocycles. The summed E-state index contributed by atoms with van der Waals surface area (Å²) in [4.78, 5) is 23.9. The van der Waals surface area contributed by atoms with E-state index in [2.05, 4.69) is 20.8 Å². The molecule has 2 amide bonds. The van der Waals surface area contributed by atoms with Gasteiger partial charge < -0.3 is 15.4 Å². The second kappa shape index (κ2) is 9.70. The Balaban J connectivity index is 1.46. The molecule has 0 fully saturated rings. The Hall–Kier alpha value is -2.91. The molecule has 1 aromatic heterocycles. The molecule has 2 N–H and O–H groups in total. The minimum atomic E-state index is -0.260. The van der Waals surface area contributed by atoms with Crippen molar-refractivity contribution in [2.75, 3.05) is 23.0 Å². The van der Waals surface area contributed by atoms with E-state index < -0.39 is 0 Å². The first-order valence-corrected chi connectivity index (χ1v) is 9.82. The highest BCUT2D eigenvalue weighted by molar-refractivity contribution is 8.01. The Morgan fingerprint density at radius 1 is 1.00 bits per heavy atom. The summed E-state index contributed by atoms with van der Waals surface area (Å²) >= 11 is 2.71. The van der Waals surface area contributed by atoms with Crippen LogP contribution >= 0.6 is 23.1 Å². The molecular weight excluding hydrogens is 384 g/mol. The summed E-state index contributed by atoms with van der Waals surface area (Å²) in [5.74, 6) is 0.311. The van der Waals surface area contributed by atoms with Crippen molar-refractivity contribution in [3.63, 3.8) is 0 Å². The van der Waals surface area contributed by atoms with Crippen LogP contribution in [0.1, 0.15) is 0 Å². The summed E-state index contributed by atoms with van der Waals surface area (Å²) in [7, 11) is 0. The summed E-state index contributed by atoms with van der Waals surface area (Å²) in [6, 6.07) is 16.0. The molecule has 0 radical (unpaired) electrons. The van der Waals surface area contributed by atoms with Crippen molar-refractivity contribution in [1.82, 2.24) is 10.2 Å². The Kier molecular flexibility index (Phi) is 6.78. The molecule has 0 aliphatic heterocycles. The lowest BCUT2D eigenvalue weighted by molar-refractivity contribution is -0.118. The fourth-order valence-corrected chi connectivity index (χ4v) is 3.37. The predicted molar refractivity (Wildman–Crippen MR) is 106 cm³/mol. The zero-order valence-corrected chi connectivity index (χ0v) is 15.8. The number of nitrogens with one attached hydrogen (secondary N) is 2. The number of nitrogens with zero attached hydrogens (tertiary/aromatic N) is 2. The van der Waals surface area contributed by atoms with Gasteiger partial charge in [-0.2, -0.15) is 0 Å². The predicted octanol–water partition coefficient (Wildman–Crippen LogP) is 3.29. The van der Waals surface area contributed by atoms with E-state index in [1.54, 1.807) is 41.9 Å². The summed E-state index contributed by atoms with van der Waals surface area (Å²) in [5.41, 5.74) is 2.92. The van der Waals surface area contributed by atoms with Gasteiger partial charge in [-0.15, -0.1) is 10.2 Å². The van der Waals surface area contributed by atoms with Crippen molar-refractivity contribution >= 4 is 46.3 Å². The van der Waals surface area contributed by atoms with Crippen molar-refractivity contribution in [3.05, 3.63) is 60.1 Å². The Morgan fingerprint density at radius 3 is 2.56 bits per heavy atom. The molecule has 0 saturated carbocycles. The normalized spacial score (nSPS) is 10.2. The maximum absolute atomic E-state index is 12.0. The molecular formula is C18H16N4O3S2. The third kappa shape index (κ3) is 6.39. The van der Waals surface area contributed by atoms with Crippen LogP contribution in [0.2, 0.25) is 0 Å². The molecule has 0 atom stereocenters. The fraction of sp³-hybridized carbons (Fsp3) is 0.111. The van der Waals surface area contributed by atoms with Gasteiger partial charge in [-0.25, -0.2) is 0 Å². The first-order valence-electron chi connectivity index (χ1n) is 7.95. The van der Waals surface area contributed by atoms with Crippen LogP contribution < -0.4 is 15.4 Å². The fourth-order valence-electron chi connectivity index (χ4n) is 2.08. The van der Waals surface area contributed by atoms with Gasteiger partial charge in [-0.3, -0.25) is 9.59 Å². The molecule has 27 heavy (non-hydrogen) atoms.